The van der Waals surface area contributed by atoms with E-state index in [1.807, 2.05) is 41.1 Å². The van der Waals surface area contributed by atoms with E-state index in [4.69, 9.17) is 9.84 Å². The minimum atomic E-state index is -0.00823. The SMILES string of the molecule is CCn1c(SC)nnc1-c1nn(C)c2c1CN(C(=O)c1cccc(OC)c1)CC2. The van der Waals surface area contributed by atoms with Crippen molar-refractivity contribution in [1.82, 2.24) is 29.4 Å². The van der Waals surface area contributed by atoms with Gasteiger partial charge >= 0.3 is 0 Å². The van der Waals surface area contributed by atoms with Gasteiger partial charge in [0.1, 0.15) is 11.4 Å². The average molecular weight is 413 g/mol. The summed E-state index contributed by atoms with van der Waals surface area (Å²) < 4.78 is 9.24. The van der Waals surface area contributed by atoms with Gasteiger partial charge in [-0.15, -0.1) is 10.2 Å². The molecule has 1 amide bonds. The van der Waals surface area contributed by atoms with Crippen molar-refractivity contribution in [2.75, 3.05) is 19.9 Å². The molecule has 1 aromatic carbocycles. The summed E-state index contributed by atoms with van der Waals surface area (Å²) in [5.41, 5.74) is 3.62. The number of thioether (sulfide) groups is 1. The van der Waals surface area contributed by atoms with E-state index < -0.39 is 0 Å². The van der Waals surface area contributed by atoms with Gasteiger partial charge in [0.2, 0.25) is 0 Å². The average Bonchev–Trinajstić information content (AvgIpc) is 3.33. The first kappa shape index (κ1) is 19.5. The lowest BCUT2D eigenvalue weighted by molar-refractivity contribution is 0.0733. The third-order valence-corrected chi connectivity index (χ3v) is 5.94. The molecular formula is C20H24N6O2S. The van der Waals surface area contributed by atoms with Gasteiger partial charge in [0, 0.05) is 43.4 Å². The molecular weight excluding hydrogens is 388 g/mol. The number of methoxy groups -OCH3 is 1. The van der Waals surface area contributed by atoms with Crippen LogP contribution in [-0.4, -0.2) is 55.3 Å². The number of carbonyl (C=O) groups excluding carboxylic acids is 1. The second-order valence-electron chi connectivity index (χ2n) is 6.86. The van der Waals surface area contributed by atoms with Crippen LogP contribution in [0.2, 0.25) is 0 Å². The number of rotatable bonds is 5. The molecule has 0 atom stereocenters. The highest BCUT2D eigenvalue weighted by Gasteiger charge is 2.30. The summed E-state index contributed by atoms with van der Waals surface area (Å²) in [5.74, 6) is 1.42. The number of aromatic nitrogens is 5. The zero-order valence-corrected chi connectivity index (χ0v) is 17.9. The molecule has 0 unspecified atom stereocenters. The van der Waals surface area contributed by atoms with E-state index in [0.29, 0.717) is 24.4 Å². The maximum Gasteiger partial charge on any atom is 0.254 e. The molecule has 2 aromatic heterocycles. The molecule has 1 aliphatic heterocycles. The van der Waals surface area contributed by atoms with Crippen molar-refractivity contribution in [2.24, 2.45) is 7.05 Å². The molecule has 0 radical (unpaired) electrons. The van der Waals surface area contributed by atoms with E-state index >= 15 is 0 Å². The lowest BCUT2D eigenvalue weighted by Gasteiger charge is -2.28. The van der Waals surface area contributed by atoms with Crippen molar-refractivity contribution in [3.8, 4) is 17.3 Å². The van der Waals surface area contributed by atoms with Gasteiger partial charge in [0.05, 0.1) is 13.7 Å². The van der Waals surface area contributed by atoms with Gasteiger partial charge in [0.15, 0.2) is 11.0 Å². The van der Waals surface area contributed by atoms with E-state index in [1.165, 1.54) is 0 Å². The number of benzene rings is 1. The smallest absolute Gasteiger partial charge is 0.254 e. The van der Waals surface area contributed by atoms with Gasteiger partial charge in [-0.2, -0.15) is 5.10 Å². The summed E-state index contributed by atoms with van der Waals surface area (Å²) in [6.45, 7) is 3.98. The summed E-state index contributed by atoms with van der Waals surface area (Å²) in [4.78, 5) is 15.0. The Hall–Kier alpha value is -2.81. The Kier molecular flexibility index (Phi) is 5.31. The molecule has 8 nitrogen and oxygen atoms in total. The number of fused-ring (bicyclic) bond motifs is 1. The Balaban J connectivity index is 1.69. The summed E-state index contributed by atoms with van der Waals surface area (Å²) in [7, 11) is 3.55. The number of amides is 1. The molecule has 3 heterocycles. The number of aryl methyl sites for hydroxylation is 1. The highest BCUT2D eigenvalue weighted by molar-refractivity contribution is 7.98. The third-order valence-electron chi connectivity index (χ3n) is 5.27. The molecule has 0 N–H and O–H groups in total. The summed E-state index contributed by atoms with van der Waals surface area (Å²) in [6, 6.07) is 7.28. The quantitative estimate of drug-likeness (QED) is 0.600. The fourth-order valence-corrected chi connectivity index (χ4v) is 4.34. The van der Waals surface area contributed by atoms with Crippen LogP contribution in [0, 0.1) is 0 Å². The molecule has 0 bridgehead atoms. The first-order chi connectivity index (χ1) is 14.1. The van der Waals surface area contributed by atoms with E-state index in [1.54, 1.807) is 24.9 Å². The van der Waals surface area contributed by atoms with Gasteiger partial charge in [-0.25, -0.2) is 0 Å². The lowest BCUT2D eigenvalue weighted by Crippen LogP contribution is -2.36. The Morgan fingerprint density at radius 3 is 2.86 bits per heavy atom. The normalized spacial score (nSPS) is 13.4. The zero-order valence-electron chi connectivity index (χ0n) is 17.0. The van der Waals surface area contributed by atoms with E-state index in [9.17, 15) is 4.79 Å². The summed E-state index contributed by atoms with van der Waals surface area (Å²) in [5, 5.41) is 14.3. The highest BCUT2D eigenvalue weighted by atomic mass is 32.2. The zero-order chi connectivity index (χ0) is 20.5. The topological polar surface area (TPSA) is 78.1 Å². The van der Waals surface area contributed by atoms with Crippen molar-refractivity contribution < 1.29 is 9.53 Å². The number of hydrogen-bond acceptors (Lipinski definition) is 6. The van der Waals surface area contributed by atoms with Crippen LogP contribution in [0.25, 0.3) is 11.5 Å². The van der Waals surface area contributed by atoms with E-state index in [2.05, 4.69) is 21.7 Å². The largest absolute Gasteiger partial charge is 0.497 e. The second-order valence-corrected chi connectivity index (χ2v) is 7.63. The van der Waals surface area contributed by atoms with E-state index in [-0.39, 0.29) is 5.91 Å². The number of hydrogen-bond donors (Lipinski definition) is 0. The molecule has 0 saturated carbocycles. The molecule has 1 aliphatic rings. The van der Waals surface area contributed by atoms with E-state index in [0.717, 1.165) is 40.9 Å². The number of ether oxygens (including phenoxy) is 1. The van der Waals surface area contributed by atoms with Crippen molar-refractivity contribution in [2.45, 2.75) is 31.6 Å². The molecule has 152 valence electrons. The van der Waals surface area contributed by atoms with Crippen LogP contribution in [0.4, 0.5) is 0 Å². The summed E-state index contributed by atoms with van der Waals surface area (Å²) >= 11 is 1.56. The predicted molar refractivity (Wildman–Crippen MR) is 111 cm³/mol. The van der Waals surface area contributed by atoms with Crippen LogP contribution in [0.3, 0.4) is 0 Å². The fourth-order valence-electron chi connectivity index (χ4n) is 3.78. The fraction of sp³-hybridized carbons (Fsp3) is 0.400. The maximum atomic E-state index is 13.1. The van der Waals surface area contributed by atoms with Crippen LogP contribution in [0.1, 0.15) is 28.5 Å². The number of carbonyl (C=O) groups is 1. The van der Waals surface area contributed by atoms with Crippen molar-refractivity contribution in [3.05, 3.63) is 41.1 Å². The van der Waals surface area contributed by atoms with Gasteiger partial charge in [-0.1, -0.05) is 17.8 Å². The first-order valence-corrected chi connectivity index (χ1v) is 10.8. The van der Waals surface area contributed by atoms with Crippen molar-refractivity contribution in [1.29, 1.82) is 0 Å². The van der Waals surface area contributed by atoms with Gasteiger partial charge in [0.25, 0.3) is 5.91 Å². The third kappa shape index (κ3) is 3.39. The molecule has 29 heavy (non-hydrogen) atoms. The molecule has 9 heteroatoms. The molecule has 0 spiro atoms. The minimum absolute atomic E-state index is 0.00823. The predicted octanol–water partition coefficient (Wildman–Crippen LogP) is 2.63. The van der Waals surface area contributed by atoms with Crippen LogP contribution in [-0.2, 0) is 26.6 Å². The van der Waals surface area contributed by atoms with Crippen LogP contribution < -0.4 is 4.74 Å². The second kappa shape index (κ2) is 7.90. The van der Waals surface area contributed by atoms with Crippen molar-refractivity contribution >= 4 is 17.7 Å². The Morgan fingerprint density at radius 1 is 1.31 bits per heavy atom. The first-order valence-electron chi connectivity index (χ1n) is 9.53. The van der Waals surface area contributed by atoms with Crippen molar-refractivity contribution in [3.63, 3.8) is 0 Å². The molecule has 3 aromatic rings. The lowest BCUT2D eigenvalue weighted by atomic mass is 10.0. The molecule has 0 aliphatic carbocycles. The van der Waals surface area contributed by atoms with Gasteiger partial charge in [-0.3, -0.25) is 9.48 Å². The Labute approximate surface area is 173 Å². The van der Waals surface area contributed by atoms with Crippen LogP contribution in [0.15, 0.2) is 29.4 Å². The van der Waals surface area contributed by atoms with Crippen LogP contribution >= 0.6 is 11.8 Å². The van der Waals surface area contributed by atoms with Crippen LogP contribution in [0.5, 0.6) is 5.75 Å². The highest BCUT2D eigenvalue weighted by Crippen LogP contribution is 2.31. The molecule has 0 saturated heterocycles. The van der Waals surface area contributed by atoms with Gasteiger partial charge < -0.3 is 14.2 Å². The molecule has 4 rings (SSSR count). The molecule has 0 fully saturated rings. The monoisotopic (exact) mass is 412 g/mol. The van der Waals surface area contributed by atoms with Gasteiger partial charge in [-0.05, 0) is 31.4 Å². The summed E-state index contributed by atoms with van der Waals surface area (Å²) in [6.07, 6.45) is 2.74. The maximum absolute atomic E-state index is 13.1. The minimum Gasteiger partial charge on any atom is -0.497 e. The number of nitrogens with zero attached hydrogens (tertiary/aromatic N) is 6. The Morgan fingerprint density at radius 2 is 2.14 bits per heavy atom. The Bertz CT molecular complexity index is 1060. The standard InChI is InChI=1S/C20H24N6O2S/c1-5-26-18(21-22-20(26)29-4)17-15-12-25(10-9-16(15)24(2)23-17)19(27)13-7-6-8-14(11-13)28-3/h6-8,11H,5,9-10,12H2,1-4H3.